The highest BCUT2D eigenvalue weighted by molar-refractivity contribution is 7.18. The highest BCUT2D eigenvalue weighted by Crippen LogP contribution is 2.43. The summed E-state index contributed by atoms with van der Waals surface area (Å²) in [4.78, 5) is 18.0. The summed E-state index contributed by atoms with van der Waals surface area (Å²) < 4.78 is 15.7. The largest absolute Gasteiger partial charge is 0.340 e. The zero-order valence-corrected chi connectivity index (χ0v) is 16.7. The van der Waals surface area contributed by atoms with E-state index in [4.69, 9.17) is 9.97 Å². The van der Waals surface area contributed by atoms with E-state index in [1.54, 1.807) is 29.8 Å². The minimum atomic E-state index is -0.375. The van der Waals surface area contributed by atoms with E-state index in [9.17, 15) is 4.39 Å². The van der Waals surface area contributed by atoms with Gasteiger partial charge in [0, 0.05) is 34.9 Å². The van der Waals surface area contributed by atoms with Crippen LogP contribution in [0.15, 0.2) is 60.9 Å². The van der Waals surface area contributed by atoms with Crippen molar-refractivity contribution in [1.29, 1.82) is 0 Å². The van der Waals surface area contributed by atoms with Gasteiger partial charge in [0.25, 0.3) is 0 Å². The molecule has 0 atom stereocenters. The van der Waals surface area contributed by atoms with Crippen molar-refractivity contribution >= 4 is 44.0 Å². The van der Waals surface area contributed by atoms with Crippen molar-refractivity contribution in [3.8, 4) is 11.4 Å². The summed E-state index contributed by atoms with van der Waals surface area (Å²) in [7, 11) is 0. The average molecular weight is 413 g/mol. The first kappa shape index (κ1) is 17.4. The lowest BCUT2D eigenvalue weighted by Crippen LogP contribution is -2.00. The van der Waals surface area contributed by atoms with E-state index in [0.29, 0.717) is 22.9 Å². The third-order valence-electron chi connectivity index (χ3n) is 5.21. The van der Waals surface area contributed by atoms with Gasteiger partial charge in [-0.25, -0.2) is 19.3 Å². The first-order valence-corrected chi connectivity index (χ1v) is 10.6. The Morgan fingerprint density at radius 2 is 1.83 bits per heavy atom. The van der Waals surface area contributed by atoms with E-state index in [1.807, 2.05) is 30.3 Å². The Morgan fingerprint density at radius 3 is 2.67 bits per heavy atom. The lowest BCUT2D eigenvalue weighted by atomic mass is 10.2. The Morgan fingerprint density at radius 1 is 0.967 bits per heavy atom. The number of fused-ring (bicyclic) bond motifs is 2. The highest BCUT2D eigenvalue weighted by Gasteiger charge is 2.27. The van der Waals surface area contributed by atoms with Crippen molar-refractivity contribution in [2.24, 2.45) is 0 Å². The first-order chi connectivity index (χ1) is 14.7. The quantitative estimate of drug-likeness (QED) is 0.388. The highest BCUT2D eigenvalue weighted by atomic mass is 32.1. The molecular weight excluding hydrogens is 397 g/mol. The summed E-state index contributed by atoms with van der Waals surface area (Å²) >= 11 is 1.75. The summed E-state index contributed by atoms with van der Waals surface area (Å²) in [5.41, 5.74) is 2.98. The van der Waals surface area contributed by atoms with Crippen molar-refractivity contribution in [2.75, 3.05) is 5.32 Å². The van der Waals surface area contributed by atoms with E-state index < -0.39 is 0 Å². The maximum absolute atomic E-state index is 14.6. The van der Waals surface area contributed by atoms with Crippen LogP contribution < -0.4 is 5.32 Å². The van der Waals surface area contributed by atoms with Gasteiger partial charge in [0.05, 0.1) is 15.2 Å². The summed E-state index contributed by atoms with van der Waals surface area (Å²) in [6, 6.07) is 14.6. The molecule has 7 heteroatoms. The summed E-state index contributed by atoms with van der Waals surface area (Å²) in [6.07, 6.45) is 5.82. The van der Waals surface area contributed by atoms with Crippen LogP contribution in [0.25, 0.3) is 32.5 Å². The second-order valence-corrected chi connectivity index (χ2v) is 8.46. The number of para-hydroxylation sites is 1. The van der Waals surface area contributed by atoms with Crippen molar-refractivity contribution in [3.05, 3.63) is 71.7 Å². The number of benzene rings is 2. The number of pyridine rings is 1. The summed E-state index contributed by atoms with van der Waals surface area (Å²) in [6.45, 7) is 0. The summed E-state index contributed by atoms with van der Waals surface area (Å²) in [5.74, 6) is 1.28. The topological polar surface area (TPSA) is 63.6 Å². The molecule has 0 aliphatic heterocycles. The molecule has 0 amide bonds. The van der Waals surface area contributed by atoms with Gasteiger partial charge in [-0.1, -0.05) is 6.07 Å². The predicted molar refractivity (Wildman–Crippen MR) is 118 cm³/mol. The molecule has 2 aromatic carbocycles. The van der Waals surface area contributed by atoms with E-state index in [1.165, 1.54) is 23.9 Å². The third-order valence-corrected chi connectivity index (χ3v) is 6.39. The van der Waals surface area contributed by atoms with Gasteiger partial charge in [0.1, 0.15) is 17.2 Å². The zero-order chi connectivity index (χ0) is 20.1. The van der Waals surface area contributed by atoms with Gasteiger partial charge in [-0.3, -0.25) is 4.98 Å². The van der Waals surface area contributed by atoms with Crippen LogP contribution in [-0.2, 0) is 0 Å². The maximum Gasteiger partial charge on any atom is 0.162 e. The fraction of sp³-hybridized carbons (Fsp3) is 0.130. The SMILES string of the molecule is Fc1cccc2c(Nc3ccc4nc(C5CC5)sc4c3)nc(-c3ccncc3)nc12. The van der Waals surface area contributed by atoms with Crippen molar-refractivity contribution < 1.29 is 4.39 Å². The average Bonchev–Trinajstić information content (AvgIpc) is 3.54. The normalized spacial score (nSPS) is 13.8. The molecule has 0 unspecified atom stereocenters. The molecule has 1 aliphatic carbocycles. The van der Waals surface area contributed by atoms with Crippen LogP contribution in [0.5, 0.6) is 0 Å². The molecule has 3 aromatic heterocycles. The van der Waals surface area contributed by atoms with Crippen molar-refractivity contribution in [3.63, 3.8) is 0 Å². The molecule has 6 rings (SSSR count). The number of nitrogens with zero attached hydrogens (tertiary/aromatic N) is 4. The number of anilines is 2. The Labute approximate surface area is 175 Å². The van der Waals surface area contributed by atoms with E-state index in [0.717, 1.165) is 21.5 Å². The number of thiazole rings is 1. The van der Waals surface area contributed by atoms with Gasteiger partial charge >= 0.3 is 0 Å². The lowest BCUT2D eigenvalue weighted by molar-refractivity contribution is 0.636. The Hall–Kier alpha value is -3.45. The molecule has 5 aromatic rings. The fourth-order valence-electron chi connectivity index (χ4n) is 3.50. The van der Waals surface area contributed by atoms with Gasteiger partial charge < -0.3 is 5.32 Å². The molecule has 0 radical (unpaired) electrons. The second kappa shape index (κ2) is 6.81. The minimum absolute atomic E-state index is 0.289. The molecule has 1 saturated carbocycles. The number of hydrogen-bond donors (Lipinski definition) is 1. The van der Waals surface area contributed by atoms with Gasteiger partial charge in [0.2, 0.25) is 0 Å². The third kappa shape index (κ3) is 3.07. The number of rotatable bonds is 4. The molecule has 1 N–H and O–H groups in total. The molecule has 1 aliphatic rings. The minimum Gasteiger partial charge on any atom is -0.340 e. The van der Waals surface area contributed by atoms with E-state index in [2.05, 4.69) is 21.4 Å². The Kier molecular flexibility index (Phi) is 3.95. The molecule has 146 valence electrons. The van der Waals surface area contributed by atoms with E-state index >= 15 is 0 Å². The van der Waals surface area contributed by atoms with Crippen LogP contribution in [0, 0.1) is 5.82 Å². The van der Waals surface area contributed by atoms with Crippen LogP contribution in [0.4, 0.5) is 15.9 Å². The van der Waals surface area contributed by atoms with Crippen LogP contribution >= 0.6 is 11.3 Å². The molecule has 3 heterocycles. The Balaban J connectivity index is 1.46. The predicted octanol–water partition coefficient (Wildman–Crippen LogP) is 6.06. The smallest absolute Gasteiger partial charge is 0.162 e. The monoisotopic (exact) mass is 413 g/mol. The molecule has 0 saturated heterocycles. The maximum atomic E-state index is 14.6. The van der Waals surface area contributed by atoms with Gasteiger partial charge in [-0.05, 0) is 55.3 Å². The van der Waals surface area contributed by atoms with Gasteiger partial charge in [-0.15, -0.1) is 11.3 Å². The van der Waals surface area contributed by atoms with Crippen molar-refractivity contribution in [1.82, 2.24) is 19.9 Å². The Bertz CT molecular complexity index is 1400. The second-order valence-electron chi connectivity index (χ2n) is 7.40. The van der Waals surface area contributed by atoms with Gasteiger partial charge in [0.15, 0.2) is 5.82 Å². The number of aromatic nitrogens is 4. The number of nitrogens with one attached hydrogen (secondary N) is 1. The first-order valence-electron chi connectivity index (χ1n) is 9.79. The standard InChI is InChI=1S/C23H16FN5S/c24-17-3-1-2-16-20(17)28-21(13-8-10-25-11-9-13)29-22(16)26-15-6-7-18-19(12-15)30-23(27-18)14-4-5-14/h1-3,6-12,14H,4-5H2,(H,26,28,29). The van der Waals surface area contributed by atoms with E-state index in [-0.39, 0.29) is 11.3 Å². The fourth-order valence-corrected chi connectivity index (χ4v) is 4.68. The molecule has 5 nitrogen and oxygen atoms in total. The van der Waals surface area contributed by atoms with Gasteiger partial charge in [-0.2, -0.15) is 0 Å². The van der Waals surface area contributed by atoms with Crippen LogP contribution in [0.1, 0.15) is 23.8 Å². The van der Waals surface area contributed by atoms with Crippen LogP contribution in [-0.4, -0.2) is 19.9 Å². The number of halogens is 1. The zero-order valence-electron chi connectivity index (χ0n) is 15.8. The molecular formula is C23H16FN5S. The molecule has 0 bridgehead atoms. The molecule has 0 spiro atoms. The van der Waals surface area contributed by atoms with Crippen LogP contribution in [0.2, 0.25) is 0 Å². The molecule has 1 fully saturated rings. The number of hydrogen-bond acceptors (Lipinski definition) is 6. The van der Waals surface area contributed by atoms with Crippen LogP contribution in [0.3, 0.4) is 0 Å². The van der Waals surface area contributed by atoms with Crippen molar-refractivity contribution in [2.45, 2.75) is 18.8 Å². The molecule has 30 heavy (non-hydrogen) atoms. The summed E-state index contributed by atoms with van der Waals surface area (Å²) in [5, 5.41) is 5.23. The lowest BCUT2D eigenvalue weighted by Gasteiger charge is -2.11.